The van der Waals surface area contributed by atoms with Crippen LogP contribution in [0.2, 0.25) is 0 Å². The first-order valence-corrected chi connectivity index (χ1v) is 14.9. The fraction of sp³-hybridized carbons (Fsp3) is 0.778. The Labute approximate surface area is 214 Å². The van der Waals surface area contributed by atoms with Gasteiger partial charge in [-0.3, -0.25) is 4.57 Å². The molecule has 35 heavy (non-hydrogen) atoms. The first-order valence-electron chi connectivity index (χ1n) is 13.5. The highest BCUT2D eigenvalue weighted by molar-refractivity contribution is 7.45. The van der Waals surface area contributed by atoms with Gasteiger partial charge >= 0.3 is 0 Å². The topological polar surface area (TPSA) is 79.9 Å². The molecule has 0 bridgehead atoms. The van der Waals surface area contributed by atoms with E-state index in [1.54, 1.807) is 0 Å². The zero-order valence-electron chi connectivity index (χ0n) is 22.7. The van der Waals surface area contributed by atoms with Crippen molar-refractivity contribution in [3.63, 3.8) is 0 Å². The Morgan fingerprint density at radius 3 is 2.11 bits per heavy atom. The first kappa shape index (κ1) is 32.2. The fourth-order valence-corrected chi connectivity index (χ4v) is 4.51. The smallest absolute Gasteiger partial charge is 0.268 e. The van der Waals surface area contributed by atoms with E-state index in [9.17, 15) is 9.46 Å². The van der Waals surface area contributed by atoms with Gasteiger partial charge in [0.15, 0.2) is 0 Å². The maximum Gasteiger partial charge on any atom is 0.268 e. The van der Waals surface area contributed by atoms with Crippen molar-refractivity contribution in [2.24, 2.45) is 0 Å². The van der Waals surface area contributed by atoms with E-state index in [4.69, 9.17) is 13.8 Å². The largest absolute Gasteiger partial charge is 0.756 e. The van der Waals surface area contributed by atoms with Crippen molar-refractivity contribution in [2.75, 3.05) is 54.1 Å². The van der Waals surface area contributed by atoms with Crippen molar-refractivity contribution in [3.05, 3.63) is 35.9 Å². The van der Waals surface area contributed by atoms with Crippen LogP contribution in [0.15, 0.2) is 30.3 Å². The summed E-state index contributed by atoms with van der Waals surface area (Å²) in [6, 6.07) is 9.98. The van der Waals surface area contributed by atoms with Gasteiger partial charge in [-0.05, 0) is 12.0 Å². The molecule has 0 spiro atoms. The number of hydrogen-bond donors (Lipinski definition) is 1. The van der Waals surface area contributed by atoms with Crippen LogP contribution < -0.4 is 10.2 Å². The monoisotopic (exact) mass is 514 g/mol. The van der Waals surface area contributed by atoms with Crippen molar-refractivity contribution < 1.29 is 27.7 Å². The van der Waals surface area contributed by atoms with Crippen LogP contribution in [0.3, 0.4) is 0 Å². The summed E-state index contributed by atoms with van der Waals surface area (Å²) in [5, 5.41) is 3.27. The van der Waals surface area contributed by atoms with Gasteiger partial charge in [0.25, 0.3) is 7.82 Å². The minimum absolute atomic E-state index is 0.0912. The molecule has 0 saturated carbocycles. The van der Waals surface area contributed by atoms with Crippen LogP contribution in [0.5, 0.6) is 0 Å². The molecule has 1 aromatic rings. The fourth-order valence-electron chi connectivity index (χ4n) is 3.65. The number of likely N-dealkylation sites (N-methyl/N-ethyl adjacent to an activating group) is 1. The van der Waals surface area contributed by atoms with Crippen LogP contribution in [-0.4, -0.2) is 64.6 Å². The molecular formula is C27H51N2O5P. The quantitative estimate of drug-likeness (QED) is 0.121. The lowest BCUT2D eigenvalue weighted by Crippen LogP contribution is -2.38. The molecule has 0 radical (unpaired) electrons. The van der Waals surface area contributed by atoms with Crippen LogP contribution in [0.4, 0.5) is 0 Å². The molecule has 0 fully saturated rings. The van der Waals surface area contributed by atoms with Crippen LogP contribution in [0.1, 0.15) is 76.7 Å². The molecule has 0 amide bonds. The standard InChI is InChI=1S/C27H51N2O5P/c1-5-6-7-8-9-10-11-12-13-17-21-32-25-27(24-28-23-26-18-15-14-16-19-26)34-35(30,31)33-22-20-29(2,3)4/h14-16,18-19,27-28H,5-13,17,20-25H2,1-4H3. The average Bonchev–Trinajstić information content (AvgIpc) is 2.79. The predicted octanol–water partition coefficient (Wildman–Crippen LogP) is 5.29. The number of nitrogens with one attached hydrogen (secondary N) is 1. The molecule has 0 saturated heterocycles. The van der Waals surface area contributed by atoms with Crippen LogP contribution in [-0.2, 0) is 24.9 Å². The lowest BCUT2D eigenvalue weighted by molar-refractivity contribution is -0.870. The summed E-state index contributed by atoms with van der Waals surface area (Å²) in [6.45, 7) is 4.72. The summed E-state index contributed by atoms with van der Waals surface area (Å²) in [7, 11) is 1.54. The molecule has 2 atom stereocenters. The molecule has 0 aliphatic heterocycles. The zero-order chi connectivity index (χ0) is 25.8. The molecule has 1 rings (SSSR count). The minimum Gasteiger partial charge on any atom is -0.756 e. The van der Waals surface area contributed by atoms with E-state index in [1.165, 1.54) is 51.4 Å². The zero-order valence-corrected chi connectivity index (χ0v) is 23.6. The SMILES string of the molecule is CCCCCCCCCCCCOCC(CNCc1ccccc1)OP(=O)([O-])OCC[N+](C)(C)C. The number of hydrogen-bond acceptors (Lipinski definition) is 6. The highest BCUT2D eigenvalue weighted by Crippen LogP contribution is 2.39. The van der Waals surface area contributed by atoms with Crippen molar-refractivity contribution in [1.29, 1.82) is 0 Å². The average molecular weight is 515 g/mol. The molecular weight excluding hydrogens is 463 g/mol. The highest BCUT2D eigenvalue weighted by Gasteiger charge is 2.20. The summed E-state index contributed by atoms with van der Waals surface area (Å²) in [5.41, 5.74) is 1.13. The number of benzene rings is 1. The number of phosphoric acid groups is 1. The Kier molecular flexibility index (Phi) is 17.8. The van der Waals surface area contributed by atoms with Crippen LogP contribution in [0.25, 0.3) is 0 Å². The van der Waals surface area contributed by atoms with Gasteiger partial charge in [0.1, 0.15) is 19.3 Å². The Morgan fingerprint density at radius 2 is 1.51 bits per heavy atom. The summed E-state index contributed by atoms with van der Waals surface area (Å²) >= 11 is 0. The van der Waals surface area contributed by atoms with Gasteiger partial charge in [-0.1, -0.05) is 95.0 Å². The molecule has 0 heterocycles. The van der Waals surface area contributed by atoms with Crippen LogP contribution in [0, 0.1) is 0 Å². The Bertz CT molecular complexity index is 669. The molecule has 2 unspecified atom stereocenters. The maximum absolute atomic E-state index is 12.4. The van der Waals surface area contributed by atoms with Gasteiger partial charge in [-0.25, -0.2) is 0 Å². The van der Waals surface area contributed by atoms with E-state index in [0.29, 0.717) is 30.7 Å². The third-order valence-electron chi connectivity index (χ3n) is 5.78. The van der Waals surface area contributed by atoms with Gasteiger partial charge in [0, 0.05) is 19.7 Å². The van der Waals surface area contributed by atoms with E-state index in [1.807, 2.05) is 51.5 Å². The van der Waals surface area contributed by atoms with Gasteiger partial charge in [-0.2, -0.15) is 0 Å². The third-order valence-corrected chi connectivity index (χ3v) is 6.83. The number of nitrogens with zero attached hydrogens (tertiary/aromatic N) is 1. The summed E-state index contributed by atoms with van der Waals surface area (Å²) < 4.78 is 29.2. The van der Waals surface area contributed by atoms with Gasteiger partial charge in [0.05, 0.1) is 27.7 Å². The van der Waals surface area contributed by atoms with Gasteiger partial charge in [0.2, 0.25) is 0 Å². The Morgan fingerprint density at radius 1 is 0.914 bits per heavy atom. The number of quaternary nitrogens is 1. The molecule has 204 valence electrons. The van der Waals surface area contributed by atoms with E-state index < -0.39 is 13.9 Å². The van der Waals surface area contributed by atoms with Crippen molar-refractivity contribution in [2.45, 2.75) is 83.8 Å². The lowest BCUT2D eigenvalue weighted by Gasteiger charge is -2.30. The maximum atomic E-state index is 12.4. The summed E-state index contributed by atoms with van der Waals surface area (Å²) in [4.78, 5) is 12.4. The normalized spacial score (nSPS) is 14.7. The highest BCUT2D eigenvalue weighted by atomic mass is 31.2. The van der Waals surface area contributed by atoms with E-state index in [-0.39, 0.29) is 13.2 Å². The molecule has 1 N–H and O–H groups in total. The molecule has 8 heteroatoms. The summed E-state index contributed by atoms with van der Waals surface area (Å²) in [5.74, 6) is 0. The van der Waals surface area contributed by atoms with E-state index in [0.717, 1.165) is 18.4 Å². The van der Waals surface area contributed by atoms with Gasteiger partial charge in [-0.15, -0.1) is 0 Å². The number of phosphoric ester groups is 1. The van der Waals surface area contributed by atoms with Crippen molar-refractivity contribution >= 4 is 7.82 Å². The predicted molar refractivity (Wildman–Crippen MR) is 142 cm³/mol. The minimum atomic E-state index is -4.41. The first-order chi connectivity index (χ1) is 16.7. The van der Waals surface area contributed by atoms with Crippen molar-refractivity contribution in [3.8, 4) is 0 Å². The van der Waals surface area contributed by atoms with E-state index >= 15 is 0 Å². The van der Waals surface area contributed by atoms with Gasteiger partial charge < -0.3 is 28.5 Å². The molecule has 1 aromatic carbocycles. The number of unbranched alkanes of at least 4 members (excludes halogenated alkanes) is 9. The second-order valence-electron chi connectivity index (χ2n) is 10.4. The second kappa shape index (κ2) is 19.3. The number of ether oxygens (including phenoxy) is 1. The second-order valence-corrected chi connectivity index (χ2v) is 11.8. The Hall–Kier alpha value is -0.790. The van der Waals surface area contributed by atoms with Crippen molar-refractivity contribution in [1.82, 2.24) is 5.32 Å². The molecule has 0 aliphatic rings. The Balaban J connectivity index is 2.32. The number of rotatable bonds is 23. The molecule has 7 nitrogen and oxygen atoms in total. The lowest BCUT2D eigenvalue weighted by atomic mass is 10.1. The third kappa shape index (κ3) is 20.0. The molecule has 0 aliphatic carbocycles. The van der Waals surface area contributed by atoms with Crippen LogP contribution >= 0.6 is 7.82 Å². The van der Waals surface area contributed by atoms with E-state index in [2.05, 4.69) is 12.2 Å². The molecule has 0 aromatic heterocycles. The summed E-state index contributed by atoms with van der Waals surface area (Å²) in [6.07, 6.45) is 12.0.